The number of rotatable bonds is 5. The SMILES string of the molecule is CC(C)(C)OC(=O)Nc1ccn(C[C@@H]2O[C@H](CO)[C@@H](OC(=O)OC(C)(C)C)C2(F)F)c(=O)n1. The van der Waals surface area contributed by atoms with Gasteiger partial charge in [0.25, 0.3) is 0 Å². The first-order chi connectivity index (χ1) is 15.0. The molecule has 33 heavy (non-hydrogen) atoms. The van der Waals surface area contributed by atoms with Crippen molar-refractivity contribution in [1.29, 1.82) is 0 Å². The maximum absolute atomic E-state index is 15.0. The van der Waals surface area contributed by atoms with Crippen molar-refractivity contribution in [3.05, 3.63) is 22.7 Å². The number of halogens is 2. The van der Waals surface area contributed by atoms with Crippen LogP contribution in [0.1, 0.15) is 41.5 Å². The highest BCUT2D eigenvalue weighted by Gasteiger charge is 2.61. The van der Waals surface area contributed by atoms with Crippen molar-refractivity contribution in [2.45, 2.75) is 83.5 Å². The van der Waals surface area contributed by atoms with Crippen molar-refractivity contribution >= 4 is 18.1 Å². The Balaban J connectivity index is 2.12. The number of amides is 1. The van der Waals surface area contributed by atoms with Crippen LogP contribution in [0, 0.1) is 0 Å². The molecule has 1 fully saturated rings. The lowest BCUT2D eigenvalue weighted by Gasteiger charge is -2.25. The third-order valence-electron chi connectivity index (χ3n) is 4.14. The van der Waals surface area contributed by atoms with Crippen molar-refractivity contribution < 1.29 is 42.4 Å². The molecule has 0 spiro atoms. The van der Waals surface area contributed by atoms with Crippen LogP contribution >= 0.6 is 0 Å². The standard InChI is InChI=1S/C20H29F2N3O8/c1-18(2,3)32-16(28)24-13-7-8-25(15(27)23-13)9-12-20(21,22)14(11(10-26)30-12)31-17(29)33-19(4,5)6/h7-8,11-12,14,26H,9-10H2,1-6H3,(H,23,24,27,28)/t11-,12+,14-/m1/s1. The number of ether oxygens (including phenoxy) is 4. The van der Waals surface area contributed by atoms with Gasteiger partial charge in [0.2, 0.25) is 0 Å². The van der Waals surface area contributed by atoms with Gasteiger partial charge in [0.15, 0.2) is 6.10 Å². The largest absolute Gasteiger partial charge is 0.509 e. The normalized spacial score (nSPS) is 22.5. The molecule has 2 heterocycles. The topological polar surface area (TPSA) is 138 Å². The van der Waals surface area contributed by atoms with Crippen molar-refractivity contribution in [1.82, 2.24) is 9.55 Å². The number of carbonyl (C=O) groups excluding carboxylic acids is 2. The van der Waals surface area contributed by atoms with Gasteiger partial charge in [-0.05, 0) is 47.6 Å². The summed E-state index contributed by atoms with van der Waals surface area (Å²) in [4.78, 5) is 39.6. The molecule has 1 aromatic heterocycles. The van der Waals surface area contributed by atoms with Gasteiger partial charge in [-0.3, -0.25) is 9.88 Å². The van der Waals surface area contributed by atoms with Crippen LogP contribution in [0.25, 0.3) is 0 Å². The summed E-state index contributed by atoms with van der Waals surface area (Å²) in [5, 5.41) is 11.7. The third-order valence-corrected chi connectivity index (χ3v) is 4.14. The van der Waals surface area contributed by atoms with Crippen LogP contribution in [0.4, 0.5) is 24.2 Å². The Morgan fingerprint density at radius 2 is 1.82 bits per heavy atom. The zero-order chi connectivity index (χ0) is 25.2. The fourth-order valence-electron chi connectivity index (χ4n) is 2.86. The van der Waals surface area contributed by atoms with Crippen molar-refractivity contribution in [3.8, 4) is 0 Å². The number of hydrogen-bond acceptors (Lipinski definition) is 9. The minimum atomic E-state index is -3.75. The first kappa shape index (κ1) is 26.5. The molecule has 0 unspecified atom stereocenters. The molecule has 0 saturated carbocycles. The summed E-state index contributed by atoms with van der Waals surface area (Å²) in [5.41, 5.74) is -2.69. The van der Waals surface area contributed by atoms with E-state index in [-0.39, 0.29) is 5.82 Å². The zero-order valence-corrected chi connectivity index (χ0v) is 19.3. The number of anilines is 1. The van der Waals surface area contributed by atoms with Gasteiger partial charge < -0.3 is 24.1 Å². The molecule has 0 aliphatic carbocycles. The van der Waals surface area contributed by atoms with Crippen LogP contribution in [0.15, 0.2) is 17.1 Å². The van der Waals surface area contributed by atoms with Crippen LogP contribution in [0.2, 0.25) is 0 Å². The van der Waals surface area contributed by atoms with E-state index in [1.54, 1.807) is 20.8 Å². The number of nitrogens with one attached hydrogen (secondary N) is 1. The summed E-state index contributed by atoms with van der Waals surface area (Å²) in [6, 6.07) is 1.22. The van der Waals surface area contributed by atoms with E-state index in [2.05, 4.69) is 10.3 Å². The van der Waals surface area contributed by atoms with E-state index in [9.17, 15) is 28.3 Å². The average Bonchev–Trinajstić information content (AvgIpc) is 2.84. The van der Waals surface area contributed by atoms with E-state index in [1.807, 2.05) is 0 Å². The second kappa shape index (κ2) is 9.59. The number of nitrogens with zero attached hydrogens (tertiary/aromatic N) is 2. The first-order valence-corrected chi connectivity index (χ1v) is 10.1. The minimum absolute atomic E-state index is 0.135. The summed E-state index contributed by atoms with van der Waals surface area (Å²) in [7, 11) is 0. The van der Waals surface area contributed by atoms with Crippen LogP contribution < -0.4 is 11.0 Å². The van der Waals surface area contributed by atoms with Crippen LogP contribution in [0.5, 0.6) is 0 Å². The molecule has 1 aliphatic rings. The first-order valence-electron chi connectivity index (χ1n) is 10.1. The smallest absolute Gasteiger partial charge is 0.444 e. The molecule has 11 nitrogen and oxygen atoms in total. The molecule has 13 heteroatoms. The Morgan fingerprint density at radius 3 is 2.33 bits per heavy atom. The fourth-order valence-corrected chi connectivity index (χ4v) is 2.86. The number of alkyl halides is 2. The van der Waals surface area contributed by atoms with Crippen LogP contribution in [0.3, 0.4) is 0 Å². The van der Waals surface area contributed by atoms with E-state index >= 15 is 0 Å². The maximum Gasteiger partial charge on any atom is 0.509 e. The molecule has 1 aromatic rings. The third kappa shape index (κ3) is 7.35. The average molecular weight is 477 g/mol. The van der Waals surface area contributed by atoms with Gasteiger partial charge in [-0.2, -0.15) is 13.8 Å². The molecule has 2 N–H and O–H groups in total. The van der Waals surface area contributed by atoms with Gasteiger partial charge in [0.1, 0.15) is 29.2 Å². The number of aliphatic hydroxyl groups is 1. The number of hydrogen-bond donors (Lipinski definition) is 2. The highest BCUT2D eigenvalue weighted by atomic mass is 19.3. The molecule has 0 bridgehead atoms. The lowest BCUT2D eigenvalue weighted by molar-refractivity contribution is -0.132. The molecular weight excluding hydrogens is 448 g/mol. The summed E-state index contributed by atoms with van der Waals surface area (Å²) >= 11 is 0. The monoisotopic (exact) mass is 477 g/mol. The predicted molar refractivity (Wildman–Crippen MR) is 110 cm³/mol. The van der Waals surface area contributed by atoms with Crippen LogP contribution in [-0.4, -0.2) is 68.9 Å². The van der Waals surface area contributed by atoms with Gasteiger partial charge in [0, 0.05) is 6.20 Å². The second-order valence-electron chi connectivity index (χ2n) is 9.40. The summed E-state index contributed by atoms with van der Waals surface area (Å²) < 4.78 is 50.6. The van der Waals surface area contributed by atoms with Crippen molar-refractivity contribution in [2.24, 2.45) is 0 Å². The van der Waals surface area contributed by atoms with E-state index in [4.69, 9.17) is 18.9 Å². The van der Waals surface area contributed by atoms with E-state index in [0.717, 1.165) is 10.8 Å². The maximum atomic E-state index is 15.0. The Hall–Kier alpha value is -2.80. The lowest BCUT2D eigenvalue weighted by atomic mass is 10.1. The van der Waals surface area contributed by atoms with Gasteiger partial charge in [-0.25, -0.2) is 14.4 Å². The molecule has 0 radical (unpaired) electrons. The molecule has 0 aromatic carbocycles. The fraction of sp³-hybridized carbons (Fsp3) is 0.700. The number of carbonyl (C=O) groups is 2. The van der Waals surface area contributed by atoms with Crippen molar-refractivity contribution in [2.75, 3.05) is 11.9 Å². The molecule has 3 atom stereocenters. The Kier molecular flexibility index (Phi) is 7.69. The Labute approximate surface area is 189 Å². The lowest BCUT2D eigenvalue weighted by Crippen LogP contribution is -2.46. The van der Waals surface area contributed by atoms with Crippen LogP contribution in [-0.2, 0) is 25.5 Å². The van der Waals surface area contributed by atoms with Crippen molar-refractivity contribution in [3.63, 3.8) is 0 Å². The van der Waals surface area contributed by atoms with Gasteiger partial charge in [0.05, 0.1) is 13.2 Å². The highest BCUT2D eigenvalue weighted by Crippen LogP contribution is 2.39. The minimum Gasteiger partial charge on any atom is -0.444 e. The molecular formula is C20H29F2N3O8. The van der Waals surface area contributed by atoms with Gasteiger partial charge >= 0.3 is 23.9 Å². The highest BCUT2D eigenvalue weighted by molar-refractivity contribution is 5.83. The molecule has 1 saturated heterocycles. The summed E-state index contributed by atoms with van der Waals surface area (Å²) in [5.74, 6) is -3.89. The molecule has 186 valence electrons. The molecule has 2 rings (SSSR count). The number of aromatic nitrogens is 2. The van der Waals surface area contributed by atoms with E-state index in [1.165, 1.54) is 26.8 Å². The summed E-state index contributed by atoms with van der Waals surface area (Å²) in [6.07, 6.45) is -6.62. The van der Waals surface area contributed by atoms with Gasteiger partial charge in [-0.1, -0.05) is 0 Å². The Morgan fingerprint density at radius 1 is 1.21 bits per heavy atom. The van der Waals surface area contributed by atoms with E-state index < -0.39 is 66.5 Å². The zero-order valence-electron chi connectivity index (χ0n) is 19.3. The second-order valence-corrected chi connectivity index (χ2v) is 9.40. The summed E-state index contributed by atoms with van der Waals surface area (Å²) in [6.45, 7) is 8.04. The van der Waals surface area contributed by atoms with Gasteiger partial charge in [-0.15, -0.1) is 0 Å². The van der Waals surface area contributed by atoms with E-state index in [0.29, 0.717) is 0 Å². The number of aliphatic hydroxyl groups excluding tert-OH is 1. The molecule has 1 aliphatic heterocycles. The predicted octanol–water partition coefficient (Wildman–Crippen LogP) is 2.31. The quantitative estimate of drug-likeness (QED) is 0.612. The molecule has 1 amide bonds. The Bertz CT molecular complexity index is 923.